The minimum atomic E-state index is -0.158. The van der Waals surface area contributed by atoms with Crippen LogP contribution in [0.3, 0.4) is 0 Å². The van der Waals surface area contributed by atoms with Gasteiger partial charge in [0, 0.05) is 38.6 Å². The van der Waals surface area contributed by atoms with Crippen molar-refractivity contribution in [1.82, 2.24) is 0 Å². The normalized spacial score (nSPS) is 40.4. The van der Waals surface area contributed by atoms with Gasteiger partial charge in [-0.3, -0.25) is 4.79 Å². The number of carbonyl (C=O) groups is 1. The zero-order valence-electron chi connectivity index (χ0n) is 10.9. The lowest BCUT2D eigenvalue weighted by atomic mass is 9.81. The van der Waals surface area contributed by atoms with Crippen molar-refractivity contribution in [1.29, 1.82) is 0 Å². The van der Waals surface area contributed by atoms with Crippen LogP contribution in [0.5, 0.6) is 0 Å². The molecule has 102 valence electrons. The molecular formula is C14H22O4. The molecule has 0 aliphatic carbocycles. The fourth-order valence-corrected chi connectivity index (χ4v) is 3.36. The van der Waals surface area contributed by atoms with Crippen LogP contribution in [-0.2, 0) is 19.0 Å². The molecule has 0 aromatic rings. The van der Waals surface area contributed by atoms with Gasteiger partial charge < -0.3 is 14.2 Å². The van der Waals surface area contributed by atoms with Crippen molar-refractivity contribution in [2.45, 2.75) is 50.2 Å². The van der Waals surface area contributed by atoms with Crippen LogP contribution in [0.1, 0.15) is 38.5 Å². The summed E-state index contributed by atoms with van der Waals surface area (Å²) in [6, 6.07) is 0. The van der Waals surface area contributed by atoms with Crippen molar-refractivity contribution in [3.05, 3.63) is 0 Å². The average Bonchev–Trinajstić information content (AvgIpc) is 3.02. The second-order valence-electron chi connectivity index (χ2n) is 5.83. The van der Waals surface area contributed by atoms with Crippen molar-refractivity contribution >= 4 is 5.78 Å². The second-order valence-corrected chi connectivity index (χ2v) is 5.83. The third kappa shape index (κ3) is 2.60. The quantitative estimate of drug-likeness (QED) is 0.769. The van der Waals surface area contributed by atoms with Crippen molar-refractivity contribution in [2.75, 3.05) is 26.4 Å². The van der Waals surface area contributed by atoms with E-state index in [9.17, 15) is 4.79 Å². The Morgan fingerprint density at radius 1 is 1.22 bits per heavy atom. The van der Waals surface area contributed by atoms with Crippen LogP contribution >= 0.6 is 0 Å². The summed E-state index contributed by atoms with van der Waals surface area (Å²) >= 11 is 0. The van der Waals surface area contributed by atoms with Crippen molar-refractivity contribution in [3.63, 3.8) is 0 Å². The lowest BCUT2D eigenvalue weighted by Gasteiger charge is -2.36. The molecular weight excluding hydrogens is 232 g/mol. The Labute approximate surface area is 108 Å². The van der Waals surface area contributed by atoms with Gasteiger partial charge in [-0.15, -0.1) is 0 Å². The molecule has 1 spiro atoms. The monoisotopic (exact) mass is 254 g/mol. The molecule has 0 bridgehead atoms. The summed E-state index contributed by atoms with van der Waals surface area (Å²) in [7, 11) is 0. The summed E-state index contributed by atoms with van der Waals surface area (Å²) < 4.78 is 16.9. The molecule has 4 heteroatoms. The summed E-state index contributed by atoms with van der Waals surface area (Å²) in [5.74, 6) is 0.529. The summed E-state index contributed by atoms with van der Waals surface area (Å²) in [6.45, 7) is 2.96. The molecule has 0 aromatic carbocycles. The van der Waals surface area contributed by atoms with Gasteiger partial charge >= 0.3 is 0 Å². The number of ketones is 1. The van der Waals surface area contributed by atoms with Crippen LogP contribution in [0.2, 0.25) is 0 Å². The molecule has 3 heterocycles. The van der Waals surface area contributed by atoms with E-state index >= 15 is 0 Å². The predicted octanol–water partition coefficient (Wildman–Crippen LogP) is 1.71. The summed E-state index contributed by atoms with van der Waals surface area (Å²) in [5.41, 5.74) is -0.158. The SMILES string of the molecule is O=C(CC1CCCO1)C1CCOC2(CCOC2)C1. The van der Waals surface area contributed by atoms with E-state index in [4.69, 9.17) is 14.2 Å². The highest BCUT2D eigenvalue weighted by atomic mass is 16.6. The third-order valence-corrected chi connectivity index (χ3v) is 4.47. The minimum Gasteiger partial charge on any atom is -0.378 e. The van der Waals surface area contributed by atoms with E-state index in [1.807, 2.05) is 0 Å². The first-order valence-electron chi connectivity index (χ1n) is 7.13. The number of hydrogen-bond donors (Lipinski definition) is 0. The van der Waals surface area contributed by atoms with E-state index in [0.29, 0.717) is 25.4 Å². The first kappa shape index (κ1) is 12.6. The summed E-state index contributed by atoms with van der Waals surface area (Å²) in [5, 5.41) is 0. The van der Waals surface area contributed by atoms with Crippen LogP contribution in [0.4, 0.5) is 0 Å². The maximum absolute atomic E-state index is 12.3. The fourth-order valence-electron chi connectivity index (χ4n) is 3.36. The molecule has 3 aliphatic heterocycles. The Hall–Kier alpha value is -0.450. The van der Waals surface area contributed by atoms with Gasteiger partial charge in [-0.2, -0.15) is 0 Å². The second kappa shape index (κ2) is 5.27. The Bertz CT molecular complexity index is 303. The molecule has 3 unspecified atom stereocenters. The van der Waals surface area contributed by atoms with Crippen LogP contribution in [0.15, 0.2) is 0 Å². The molecule has 0 radical (unpaired) electrons. The van der Waals surface area contributed by atoms with Gasteiger partial charge in [-0.1, -0.05) is 0 Å². The van der Waals surface area contributed by atoms with Gasteiger partial charge in [0.15, 0.2) is 0 Å². The lowest BCUT2D eigenvalue weighted by molar-refractivity contribution is -0.139. The van der Waals surface area contributed by atoms with Gasteiger partial charge in [0.2, 0.25) is 0 Å². The number of Topliss-reactive ketones (excluding diaryl/α,β-unsaturated/α-hetero) is 1. The first-order chi connectivity index (χ1) is 8.77. The van der Waals surface area contributed by atoms with Gasteiger partial charge in [0.05, 0.1) is 18.3 Å². The molecule has 0 saturated carbocycles. The molecule has 3 rings (SSSR count). The highest BCUT2D eigenvalue weighted by molar-refractivity contribution is 5.81. The van der Waals surface area contributed by atoms with Crippen molar-refractivity contribution < 1.29 is 19.0 Å². The number of ether oxygens (including phenoxy) is 3. The van der Waals surface area contributed by atoms with Gasteiger partial charge in [-0.25, -0.2) is 0 Å². The fraction of sp³-hybridized carbons (Fsp3) is 0.929. The zero-order valence-corrected chi connectivity index (χ0v) is 10.9. The van der Waals surface area contributed by atoms with E-state index in [0.717, 1.165) is 45.3 Å². The molecule has 3 saturated heterocycles. The highest BCUT2D eigenvalue weighted by Gasteiger charge is 2.43. The standard InChI is InChI=1S/C14H22O4/c15-13(8-12-2-1-5-17-12)11-3-6-18-14(9-11)4-7-16-10-14/h11-12H,1-10H2. The van der Waals surface area contributed by atoms with Crippen LogP contribution in [0.25, 0.3) is 0 Å². The first-order valence-corrected chi connectivity index (χ1v) is 7.13. The maximum atomic E-state index is 12.3. The molecule has 3 fully saturated rings. The molecule has 3 aliphatic rings. The van der Waals surface area contributed by atoms with Crippen LogP contribution in [0, 0.1) is 5.92 Å². The van der Waals surface area contributed by atoms with Gasteiger partial charge in [0.25, 0.3) is 0 Å². The van der Waals surface area contributed by atoms with Crippen molar-refractivity contribution in [2.24, 2.45) is 5.92 Å². The summed E-state index contributed by atoms with van der Waals surface area (Å²) in [4.78, 5) is 12.3. The lowest BCUT2D eigenvalue weighted by Crippen LogP contribution is -2.42. The number of hydrogen-bond acceptors (Lipinski definition) is 4. The molecule has 4 nitrogen and oxygen atoms in total. The molecule has 3 atom stereocenters. The summed E-state index contributed by atoms with van der Waals surface area (Å²) in [6.07, 6.45) is 5.58. The third-order valence-electron chi connectivity index (χ3n) is 4.47. The Morgan fingerprint density at radius 3 is 2.89 bits per heavy atom. The van der Waals surface area contributed by atoms with Gasteiger partial charge in [-0.05, 0) is 25.7 Å². The van der Waals surface area contributed by atoms with Crippen LogP contribution in [-0.4, -0.2) is 43.9 Å². The van der Waals surface area contributed by atoms with E-state index in [2.05, 4.69) is 0 Å². The van der Waals surface area contributed by atoms with E-state index < -0.39 is 0 Å². The minimum absolute atomic E-state index is 0.157. The highest BCUT2D eigenvalue weighted by Crippen LogP contribution is 2.37. The Balaban J connectivity index is 1.56. The van der Waals surface area contributed by atoms with Crippen LogP contribution < -0.4 is 0 Å². The largest absolute Gasteiger partial charge is 0.378 e. The molecule has 0 aromatic heterocycles. The zero-order chi connectivity index (χ0) is 12.4. The molecule has 18 heavy (non-hydrogen) atoms. The van der Waals surface area contributed by atoms with E-state index in [1.54, 1.807) is 0 Å². The topological polar surface area (TPSA) is 44.8 Å². The molecule has 0 N–H and O–H groups in total. The number of carbonyl (C=O) groups excluding carboxylic acids is 1. The van der Waals surface area contributed by atoms with Crippen molar-refractivity contribution in [3.8, 4) is 0 Å². The van der Waals surface area contributed by atoms with E-state index in [1.165, 1.54) is 0 Å². The maximum Gasteiger partial charge on any atom is 0.138 e. The van der Waals surface area contributed by atoms with E-state index in [-0.39, 0.29) is 17.6 Å². The smallest absolute Gasteiger partial charge is 0.138 e. The predicted molar refractivity (Wildman–Crippen MR) is 65.4 cm³/mol. The Kier molecular flexibility index (Phi) is 3.68. The Morgan fingerprint density at radius 2 is 2.17 bits per heavy atom. The van der Waals surface area contributed by atoms with Gasteiger partial charge in [0.1, 0.15) is 5.78 Å². The molecule has 0 amide bonds. The average molecular weight is 254 g/mol. The number of rotatable bonds is 3.